The number of pyridine rings is 1. The van der Waals surface area contributed by atoms with Crippen molar-refractivity contribution in [3.8, 4) is 28.6 Å². The maximum Gasteiger partial charge on any atom is 0.344 e. The molecule has 0 unspecified atom stereocenters. The van der Waals surface area contributed by atoms with Gasteiger partial charge in [0.1, 0.15) is 5.75 Å². The highest BCUT2D eigenvalue weighted by molar-refractivity contribution is 5.96. The molecule has 3 aromatic rings. The van der Waals surface area contributed by atoms with E-state index in [1.54, 1.807) is 12.1 Å². The van der Waals surface area contributed by atoms with Crippen molar-refractivity contribution in [2.75, 3.05) is 0 Å². The van der Waals surface area contributed by atoms with Crippen LogP contribution < -0.4 is 15.2 Å². The molecule has 0 aliphatic rings. The minimum Gasteiger partial charge on any atom is -0.479 e. The molecule has 0 saturated heterocycles. The number of ether oxygens (including phenoxy) is 2. The highest BCUT2D eigenvalue weighted by Gasteiger charge is 2.22. The summed E-state index contributed by atoms with van der Waals surface area (Å²) in [6.07, 6.45) is -1.33. The Morgan fingerprint density at radius 3 is 2.42 bits per heavy atom. The van der Waals surface area contributed by atoms with Gasteiger partial charge in [0.05, 0.1) is 0 Å². The SMILES string of the molecule is CC[C@@H](Oc1nc(Oc2cc(C(C)=O)cc(-c3cccc(CN)c3)c2)c(F)cc1F)C(=O)O. The third-order valence-corrected chi connectivity index (χ3v) is 4.79. The normalized spacial score (nSPS) is 11.7. The summed E-state index contributed by atoms with van der Waals surface area (Å²) in [5.41, 5.74) is 8.26. The van der Waals surface area contributed by atoms with Gasteiger partial charge in [-0.3, -0.25) is 4.79 Å². The van der Waals surface area contributed by atoms with Crippen molar-refractivity contribution in [1.29, 1.82) is 0 Å². The van der Waals surface area contributed by atoms with E-state index in [0.717, 1.165) is 11.1 Å². The molecule has 0 aliphatic heterocycles. The lowest BCUT2D eigenvalue weighted by Crippen LogP contribution is -2.26. The second-order valence-electron chi connectivity index (χ2n) is 7.22. The molecule has 0 bridgehead atoms. The van der Waals surface area contributed by atoms with Crippen molar-refractivity contribution in [2.24, 2.45) is 5.73 Å². The Bertz CT molecular complexity index is 1200. The number of nitrogens with zero attached hydrogens (tertiary/aromatic N) is 1. The van der Waals surface area contributed by atoms with E-state index < -0.39 is 35.5 Å². The number of hydrogen-bond acceptors (Lipinski definition) is 6. The van der Waals surface area contributed by atoms with E-state index >= 15 is 0 Å². The fourth-order valence-electron chi connectivity index (χ4n) is 3.05. The molecule has 0 radical (unpaired) electrons. The van der Waals surface area contributed by atoms with Crippen molar-refractivity contribution >= 4 is 11.8 Å². The predicted octanol–water partition coefficient (Wildman–Crippen LogP) is 4.72. The van der Waals surface area contributed by atoms with E-state index in [-0.39, 0.29) is 18.0 Å². The van der Waals surface area contributed by atoms with Gasteiger partial charge in [-0.05, 0) is 54.3 Å². The van der Waals surface area contributed by atoms with Gasteiger partial charge >= 0.3 is 5.97 Å². The zero-order valence-corrected chi connectivity index (χ0v) is 18.0. The number of carboxylic acids is 1. The molecule has 0 spiro atoms. The van der Waals surface area contributed by atoms with Gasteiger partial charge in [-0.2, -0.15) is 4.98 Å². The number of carbonyl (C=O) groups is 2. The number of aliphatic carboxylic acids is 1. The van der Waals surface area contributed by atoms with Crippen LogP contribution in [0.4, 0.5) is 8.78 Å². The van der Waals surface area contributed by atoms with Crippen LogP contribution >= 0.6 is 0 Å². The van der Waals surface area contributed by atoms with Crippen LogP contribution in [0.2, 0.25) is 0 Å². The maximum absolute atomic E-state index is 14.4. The Morgan fingerprint density at radius 2 is 1.79 bits per heavy atom. The summed E-state index contributed by atoms with van der Waals surface area (Å²) in [6, 6.07) is 12.5. The Kier molecular flexibility index (Phi) is 7.34. The van der Waals surface area contributed by atoms with Gasteiger partial charge in [0.25, 0.3) is 11.8 Å². The second-order valence-corrected chi connectivity index (χ2v) is 7.22. The molecule has 1 heterocycles. The summed E-state index contributed by atoms with van der Waals surface area (Å²) in [4.78, 5) is 26.9. The van der Waals surface area contributed by atoms with Gasteiger partial charge in [0, 0.05) is 18.2 Å². The number of aromatic nitrogens is 1. The number of rotatable bonds is 9. The smallest absolute Gasteiger partial charge is 0.344 e. The van der Waals surface area contributed by atoms with Gasteiger partial charge in [-0.25, -0.2) is 13.6 Å². The van der Waals surface area contributed by atoms with Crippen LogP contribution in [-0.2, 0) is 11.3 Å². The number of ketones is 1. The minimum absolute atomic E-state index is 0.0376. The van der Waals surface area contributed by atoms with Crippen molar-refractivity contribution in [3.63, 3.8) is 0 Å². The third kappa shape index (κ3) is 5.69. The van der Waals surface area contributed by atoms with Crippen LogP contribution in [0.25, 0.3) is 11.1 Å². The molecule has 1 atom stereocenters. The third-order valence-electron chi connectivity index (χ3n) is 4.79. The number of hydrogen-bond donors (Lipinski definition) is 2. The van der Waals surface area contributed by atoms with Gasteiger partial charge in [-0.1, -0.05) is 25.1 Å². The molecule has 172 valence electrons. The summed E-state index contributed by atoms with van der Waals surface area (Å²) < 4.78 is 39.1. The Balaban J connectivity index is 2.01. The molecular formula is C24H22F2N2O5. The molecular weight excluding hydrogens is 434 g/mol. The van der Waals surface area contributed by atoms with Gasteiger partial charge in [0.15, 0.2) is 23.5 Å². The number of carbonyl (C=O) groups excluding carboxylic acids is 1. The number of Topliss-reactive ketones (excluding diaryl/α,β-unsaturated/α-hetero) is 1. The summed E-state index contributed by atoms with van der Waals surface area (Å²) in [5.74, 6) is -5.12. The van der Waals surface area contributed by atoms with Crippen LogP contribution in [-0.4, -0.2) is 27.9 Å². The fourth-order valence-corrected chi connectivity index (χ4v) is 3.05. The first-order valence-electron chi connectivity index (χ1n) is 10.1. The fraction of sp³-hybridized carbons (Fsp3) is 0.208. The van der Waals surface area contributed by atoms with Crippen LogP contribution in [0, 0.1) is 11.6 Å². The number of benzene rings is 2. The Morgan fingerprint density at radius 1 is 1.06 bits per heavy atom. The van der Waals surface area contributed by atoms with Crippen LogP contribution in [0.5, 0.6) is 17.5 Å². The monoisotopic (exact) mass is 456 g/mol. The van der Waals surface area contributed by atoms with E-state index in [9.17, 15) is 18.4 Å². The first kappa shape index (κ1) is 23.8. The average molecular weight is 456 g/mol. The molecule has 2 aromatic carbocycles. The van der Waals surface area contributed by atoms with E-state index in [0.29, 0.717) is 23.7 Å². The maximum atomic E-state index is 14.4. The van der Waals surface area contributed by atoms with Crippen molar-refractivity contribution < 1.29 is 33.0 Å². The lowest BCUT2D eigenvalue weighted by Gasteiger charge is -2.15. The van der Waals surface area contributed by atoms with Crippen LogP contribution in [0.1, 0.15) is 36.2 Å². The topological polar surface area (TPSA) is 112 Å². The zero-order valence-electron chi connectivity index (χ0n) is 18.0. The molecule has 1 aromatic heterocycles. The van der Waals surface area contributed by atoms with Crippen molar-refractivity contribution in [3.05, 3.63) is 71.3 Å². The number of halogens is 2. The first-order chi connectivity index (χ1) is 15.7. The minimum atomic E-state index is -1.37. The van der Waals surface area contributed by atoms with Crippen molar-refractivity contribution in [2.45, 2.75) is 32.9 Å². The molecule has 3 rings (SSSR count). The standard InChI is InChI=1S/C24H22F2N2O5/c1-3-21(24(30)31)33-23-20(26)11-19(25)22(28-23)32-18-9-16(13(2)29)8-17(10-18)15-6-4-5-14(7-15)12-27/h4-11,21H,3,12,27H2,1-2H3,(H,30,31)/t21-/m1/s1. The molecule has 0 saturated carbocycles. The molecule has 0 amide bonds. The van der Waals surface area contributed by atoms with Crippen LogP contribution in [0.15, 0.2) is 48.5 Å². The molecule has 33 heavy (non-hydrogen) atoms. The molecule has 0 aliphatic carbocycles. The Labute approximate surface area is 188 Å². The zero-order chi connectivity index (χ0) is 24.1. The molecule has 7 nitrogen and oxygen atoms in total. The quantitative estimate of drug-likeness (QED) is 0.448. The number of nitrogens with two attached hydrogens (primary N) is 1. The van der Waals surface area contributed by atoms with E-state index in [4.69, 9.17) is 20.3 Å². The lowest BCUT2D eigenvalue weighted by atomic mass is 9.99. The average Bonchev–Trinajstić information content (AvgIpc) is 2.79. The van der Waals surface area contributed by atoms with Crippen LogP contribution in [0.3, 0.4) is 0 Å². The molecule has 3 N–H and O–H groups in total. The van der Waals surface area contributed by atoms with Gasteiger partial charge in [0.2, 0.25) is 0 Å². The lowest BCUT2D eigenvalue weighted by molar-refractivity contribution is -0.145. The highest BCUT2D eigenvalue weighted by atomic mass is 19.1. The van der Waals surface area contributed by atoms with E-state index in [2.05, 4.69) is 4.98 Å². The predicted molar refractivity (Wildman–Crippen MR) is 116 cm³/mol. The first-order valence-corrected chi connectivity index (χ1v) is 10.1. The summed E-state index contributed by atoms with van der Waals surface area (Å²) in [7, 11) is 0. The molecule has 9 heteroatoms. The largest absolute Gasteiger partial charge is 0.479 e. The molecule has 0 fully saturated rings. The Hall–Kier alpha value is -3.85. The van der Waals surface area contributed by atoms with Crippen molar-refractivity contribution in [1.82, 2.24) is 4.98 Å². The van der Waals surface area contributed by atoms with Gasteiger partial charge in [-0.15, -0.1) is 0 Å². The summed E-state index contributed by atoms with van der Waals surface area (Å²) in [6.45, 7) is 3.23. The van der Waals surface area contributed by atoms with E-state index in [1.165, 1.54) is 19.9 Å². The summed E-state index contributed by atoms with van der Waals surface area (Å²) >= 11 is 0. The number of carboxylic acid groups (broad SMARTS) is 1. The second kappa shape index (κ2) is 10.2. The summed E-state index contributed by atoms with van der Waals surface area (Å²) in [5, 5.41) is 9.12. The van der Waals surface area contributed by atoms with Gasteiger partial charge < -0.3 is 20.3 Å². The van der Waals surface area contributed by atoms with E-state index in [1.807, 2.05) is 24.3 Å². The highest BCUT2D eigenvalue weighted by Crippen LogP contribution is 2.32.